The van der Waals surface area contributed by atoms with E-state index in [1.54, 1.807) is 16.9 Å². The lowest BCUT2D eigenvalue weighted by atomic mass is 9.85. The lowest BCUT2D eigenvalue weighted by Gasteiger charge is -2.26. The third kappa shape index (κ3) is 3.41. The molecule has 0 radical (unpaired) electrons. The van der Waals surface area contributed by atoms with Gasteiger partial charge in [0.15, 0.2) is 0 Å². The number of carbonyl (C=O) groups is 2. The lowest BCUT2D eigenvalue weighted by Crippen LogP contribution is -2.24. The fraction of sp³-hybridized carbons (Fsp3) is 0.227. The predicted octanol–water partition coefficient (Wildman–Crippen LogP) is 3.76. The Labute approximate surface area is 163 Å². The number of anilines is 2. The van der Waals surface area contributed by atoms with Crippen molar-refractivity contribution in [1.82, 2.24) is 9.78 Å². The normalized spacial score (nSPS) is 15.7. The molecule has 0 bridgehead atoms. The maximum absolute atomic E-state index is 12.6. The molecule has 4 rings (SSSR count). The van der Waals surface area contributed by atoms with Gasteiger partial charge in [-0.3, -0.25) is 14.3 Å². The van der Waals surface area contributed by atoms with E-state index in [0.717, 1.165) is 27.9 Å². The first-order valence-corrected chi connectivity index (χ1v) is 9.21. The standard InChI is InChI=1S/C22H22N4O2/c1-13-5-4-6-15(7-13)22(28)25-19-10-20-18(8-14(19)2)17(9-21(27)24-20)16-11-23-26(3)12-16/h4-8,10-12,17H,9H2,1-3H3,(H,24,27)(H,25,28)/t17-/m0/s1. The van der Waals surface area contributed by atoms with E-state index in [0.29, 0.717) is 17.7 Å². The molecule has 0 saturated heterocycles. The molecule has 1 aliphatic heterocycles. The maximum Gasteiger partial charge on any atom is 0.255 e. The zero-order valence-electron chi connectivity index (χ0n) is 16.1. The molecular formula is C22H22N4O2. The molecule has 6 nitrogen and oxygen atoms in total. The Morgan fingerprint density at radius 3 is 2.79 bits per heavy atom. The van der Waals surface area contributed by atoms with Gasteiger partial charge in [0.25, 0.3) is 5.91 Å². The lowest BCUT2D eigenvalue weighted by molar-refractivity contribution is -0.116. The number of aromatic nitrogens is 2. The maximum atomic E-state index is 12.6. The summed E-state index contributed by atoms with van der Waals surface area (Å²) in [4.78, 5) is 24.9. The highest BCUT2D eigenvalue weighted by Crippen LogP contribution is 2.39. The van der Waals surface area contributed by atoms with Gasteiger partial charge in [0.2, 0.25) is 5.91 Å². The minimum absolute atomic E-state index is 0.0406. The van der Waals surface area contributed by atoms with E-state index in [1.165, 1.54) is 0 Å². The van der Waals surface area contributed by atoms with Crippen LogP contribution >= 0.6 is 0 Å². The van der Waals surface area contributed by atoms with Crippen LogP contribution in [-0.2, 0) is 11.8 Å². The van der Waals surface area contributed by atoms with Gasteiger partial charge in [0.05, 0.1) is 6.20 Å². The van der Waals surface area contributed by atoms with E-state index in [-0.39, 0.29) is 17.7 Å². The molecular weight excluding hydrogens is 352 g/mol. The highest BCUT2D eigenvalue weighted by Gasteiger charge is 2.28. The van der Waals surface area contributed by atoms with Crippen LogP contribution in [0.1, 0.15) is 45.0 Å². The third-order valence-corrected chi connectivity index (χ3v) is 5.09. The summed E-state index contributed by atoms with van der Waals surface area (Å²) >= 11 is 0. The number of benzene rings is 2. The Morgan fingerprint density at radius 1 is 1.25 bits per heavy atom. The first kappa shape index (κ1) is 18.0. The van der Waals surface area contributed by atoms with Gasteiger partial charge in [-0.2, -0.15) is 5.10 Å². The van der Waals surface area contributed by atoms with Crippen molar-refractivity contribution in [3.63, 3.8) is 0 Å². The SMILES string of the molecule is Cc1cccc(C(=O)Nc2cc3c(cc2C)[C@H](c2cnn(C)c2)CC(=O)N3)c1. The second-order valence-corrected chi connectivity index (χ2v) is 7.33. The quantitative estimate of drug-likeness (QED) is 0.733. The summed E-state index contributed by atoms with van der Waals surface area (Å²) in [6, 6.07) is 11.3. The molecule has 0 aliphatic carbocycles. The van der Waals surface area contributed by atoms with Crippen LogP contribution in [0.25, 0.3) is 0 Å². The Morgan fingerprint density at radius 2 is 2.07 bits per heavy atom. The fourth-order valence-corrected chi connectivity index (χ4v) is 3.66. The van der Waals surface area contributed by atoms with Crippen molar-refractivity contribution in [2.24, 2.45) is 7.05 Å². The zero-order chi connectivity index (χ0) is 19.8. The molecule has 0 saturated carbocycles. The summed E-state index contributed by atoms with van der Waals surface area (Å²) in [6.07, 6.45) is 4.12. The minimum Gasteiger partial charge on any atom is -0.326 e. The second kappa shape index (κ2) is 6.96. The third-order valence-electron chi connectivity index (χ3n) is 5.09. The van der Waals surface area contributed by atoms with Crippen LogP contribution in [0.3, 0.4) is 0 Å². The predicted molar refractivity (Wildman–Crippen MR) is 109 cm³/mol. The van der Waals surface area contributed by atoms with Gasteiger partial charge in [-0.1, -0.05) is 23.8 Å². The number of nitrogens with one attached hydrogen (secondary N) is 2. The number of aryl methyl sites for hydroxylation is 3. The van der Waals surface area contributed by atoms with E-state index in [4.69, 9.17) is 0 Å². The molecule has 142 valence electrons. The average molecular weight is 374 g/mol. The summed E-state index contributed by atoms with van der Waals surface area (Å²) in [5, 5.41) is 10.1. The first-order valence-electron chi connectivity index (χ1n) is 9.21. The number of carbonyl (C=O) groups excluding carboxylic acids is 2. The highest BCUT2D eigenvalue weighted by molar-refractivity contribution is 6.05. The van der Waals surface area contributed by atoms with E-state index in [2.05, 4.69) is 15.7 Å². The van der Waals surface area contributed by atoms with Gasteiger partial charge in [-0.15, -0.1) is 0 Å². The first-order chi connectivity index (χ1) is 13.4. The van der Waals surface area contributed by atoms with Crippen LogP contribution in [-0.4, -0.2) is 21.6 Å². The molecule has 2 heterocycles. The van der Waals surface area contributed by atoms with E-state index < -0.39 is 0 Å². The van der Waals surface area contributed by atoms with Crippen LogP contribution in [0, 0.1) is 13.8 Å². The topological polar surface area (TPSA) is 76.0 Å². The molecule has 1 atom stereocenters. The Balaban J connectivity index is 1.68. The fourth-order valence-electron chi connectivity index (χ4n) is 3.66. The Hall–Kier alpha value is -3.41. The molecule has 3 aromatic rings. The molecule has 1 aromatic heterocycles. The van der Waals surface area contributed by atoms with E-state index in [1.807, 2.05) is 57.4 Å². The molecule has 2 N–H and O–H groups in total. The number of nitrogens with zero attached hydrogens (tertiary/aromatic N) is 2. The van der Waals surface area contributed by atoms with Gasteiger partial charge >= 0.3 is 0 Å². The van der Waals surface area contributed by atoms with Crippen LogP contribution in [0.4, 0.5) is 11.4 Å². The van der Waals surface area contributed by atoms with Crippen molar-refractivity contribution < 1.29 is 9.59 Å². The molecule has 2 amide bonds. The number of fused-ring (bicyclic) bond motifs is 1. The van der Waals surface area contributed by atoms with Gasteiger partial charge in [0.1, 0.15) is 0 Å². The van der Waals surface area contributed by atoms with Crippen molar-refractivity contribution >= 4 is 23.2 Å². The van der Waals surface area contributed by atoms with E-state index >= 15 is 0 Å². The molecule has 0 fully saturated rings. The largest absolute Gasteiger partial charge is 0.326 e. The van der Waals surface area contributed by atoms with Gasteiger partial charge in [-0.05, 0) is 48.7 Å². The van der Waals surface area contributed by atoms with Crippen molar-refractivity contribution in [2.75, 3.05) is 10.6 Å². The van der Waals surface area contributed by atoms with Gasteiger partial charge in [-0.25, -0.2) is 0 Å². The number of amides is 2. The van der Waals surface area contributed by atoms with Crippen molar-refractivity contribution in [3.8, 4) is 0 Å². The Bertz CT molecular complexity index is 1080. The van der Waals surface area contributed by atoms with Crippen molar-refractivity contribution in [1.29, 1.82) is 0 Å². The van der Waals surface area contributed by atoms with Crippen molar-refractivity contribution in [3.05, 3.63) is 76.6 Å². The summed E-state index contributed by atoms with van der Waals surface area (Å²) in [5.74, 6) is -0.253. The second-order valence-electron chi connectivity index (χ2n) is 7.33. The van der Waals surface area contributed by atoms with E-state index in [9.17, 15) is 9.59 Å². The molecule has 0 spiro atoms. The van der Waals surface area contributed by atoms with Gasteiger partial charge in [0, 0.05) is 42.5 Å². The molecule has 6 heteroatoms. The molecule has 0 unspecified atom stereocenters. The monoisotopic (exact) mass is 374 g/mol. The zero-order valence-corrected chi connectivity index (χ0v) is 16.1. The highest BCUT2D eigenvalue weighted by atomic mass is 16.2. The Kier molecular flexibility index (Phi) is 4.47. The smallest absolute Gasteiger partial charge is 0.255 e. The van der Waals surface area contributed by atoms with Crippen LogP contribution < -0.4 is 10.6 Å². The number of hydrogen-bond donors (Lipinski definition) is 2. The molecule has 2 aromatic carbocycles. The minimum atomic E-state index is -0.169. The molecule has 1 aliphatic rings. The van der Waals surface area contributed by atoms with Crippen LogP contribution in [0.5, 0.6) is 0 Å². The summed E-state index contributed by atoms with van der Waals surface area (Å²) in [5.41, 5.74) is 6.06. The van der Waals surface area contributed by atoms with Crippen LogP contribution in [0.2, 0.25) is 0 Å². The average Bonchev–Trinajstić information content (AvgIpc) is 3.08. The van der Waals surface area contributed by atoms with Gasteiger partial charge < -0.3 is 10.6 Å². The number of hydrogen-bond acceptors (Lipinski definition) is 3. The summed E-state index contributed by atoms with van der Waals surface area (Å²) in [7, 11) is 1.86. The van der Waals surface area contributed by atoms with Crippen molar-refractivity contribution in [2.45, 2.75) is 26.2 Å². The molecule has 28 heavy (non-hydrogen) atoms. The summed E-state index contributed by atoms with van der Waals surface area (Å²) in [6.45, 7) is 3.91. The summed E-state index contributed by atoms with van der Waals surface area (Å²) < 4.78 is 1.74. The van der Waals surface area contributed by atoms with Crippen LogP contribution in [0.15, 0.2) is 48.8 Å². The number of rotatable bonds is 3.